The highest BCUT2D eigenvalue weighted by atomic mass is 16.5. The molecule has 35 heavy (non-hydrogen) atoms. The number of nitrogens with one attached hydrogen (secondary N) is 1. The number of carbonyl (C=O) groups excluding carboxylic acids is 2. The van der Waals surface area contributed by atoms with E-state index in [9.17, 15) is 19.5 Å². The van der Waals surface area contributed by atoms with Gasteiger partial charge in [0.15, 0.2) is 0 Å². The lowest BCUT2D eigenvalue weighted by atomic mass is 9.88. The van der Waals surface area contributed by atoms with Crippen LogP contribution in [-0.2, 0) is 20.9 Å². The van der Waals surface area contributed by atoms with E-state index in [2.05, 4.69) is 10.3 Å². The largest absolute Gasteiger partial charge is 0.396 e. The SMILES string of the molecule is COCC(=O)N1[C@@H]2c3ccc(-c4ccncc4)c(=O)n3C[C@@H]2[C@@H](CO)[C@@H]1C(=O)Nc1ccccc1. The van der Waals surface area contributed by atoms with Gasteiger partial charge in [-0.3, -0.25) is 19.4 Å². The number of benzene rings is 1. The number of hydrogen-bond acceptors (Lipinski definition) is 6. The molecule has 180 valence electrons. The van der Waals surface area contributed by atoms with Gasteiger partial charge < -0.3 is 24.6 Å². The Bertz CT molecular complexity index is 1290. The van der Waals surface area contributed by atoms with Gasteiger partial charge in [0.25, 0.3) is 5.56 Å². The van der Waals surface area contributed by atoms with E-state index in [1.54, 1.807) is 59.4 Å². The first kappa shape index (κ1) is 22.9. The number of amides is 2. The highest BCUT2D eigenvalue weighted by Crippen LogP contribution is 2.49. The first-order valence-electron chi connectivity index (χ1n) is 11.5. The van der Waals surface area contributed by atoms with Crippen LogP contribution in [0.5, 0.6) is 0 Å². The third-order valence-electron chi connectivity index (χ3n) is 6.93. The van der Waals surface area contributed by atoms with Crippen molar-refractivity contribution in [2.75, 3.05) is 25.6 Å². The predicted octanol–water partition coefficient (Wildman–Crippen LogP) is 1.69. The Hall–Kier alpha value is -3.82. The van der Waals surface area contributed by atoms with Crippen molar-refractivity contribution in [1.29, 1.82) is 0 Å². The van der Waals surface area contributed by atoms with E-state index in [4.69, 9.17) is 4.74 Å². The number of aromatic nitrogens is 2. The number of para-hydroxylation sites is 1. The van der Waals surface area contributed by atoms with Gasteiger partial charge in [0.05, 0.1) is 6.04 Å². The van der Waals surface area contributed by atoms with Crippen molar-refractivity contribution in [1.82, 2.24) is 14.5 Å². The maximum Gasteiger partial charge on any atom is 0.258 e. The number of likely N-dealkylation sites (tertiary alicyclic amines) is 1. The molecule has 2 amide bonds. The van der Waals surface area contributed by atoms with Crippen LogP contribution >= 0.6 is 0 Å². The number of anilines is 1. The molecule has 0 spiro atoms. The molecule has 1 saturated heterocycles. The summed E-state index contributed by atoms with van der Waals surface area (Å²) in [5.41, 5.74) is 2.36. The fraction of sp³-hybridized carbons (Fsp3) is 0.308. The number of aliphatic hydroxyl groups excluding tert-OH is 1. The summed E-state index contributed by atoms with van der Waals surface area (Å²) in [5.74, 6) is -1.59. The van der Waals surface area contributed by atoms with Crippen LogP contribution in [0.1, 0.15) is 11.7 Å². The van der Waals surface area contributed by atoms with Gasteiger partial charge in [-0.25, -0.2) is 0 Å². The summed E-state index contributed by atoms with van der Waals surface area (Å²) < 4.78 is 6.77. The van der Waals surface area contributed by atoms with Crippen molar-refractivity contribution >= 4 is 17.5 Å². The number of aliphatic hydroxyl groups is 1. The lowest BCUT2D eigenvalue weighted by Gasteiger charge is -2.31. The number of nitrogens with zero attached hydrogens (tertiary/aromatic N) is 3. The molecule has 2 aliphatic heterocycles. The Balaban J connectivity index is 1.56. The molecule has 4 atom stereocenters. The number of ether oxygens (including phenoxy) is 1. The Labute approximate surface area is 202 Å². The molecule has 9 nitrogen and oxygen atoms in total. The van der Waals surface area contributed by atoms with Crippen LogP contribution in [0.4, 0.5) is 5.69 Å². The second kappa shape index (κ2) is 9.44. The summed E-state index contributed by atoms with van der Waals surface area (Å²) in [5, 5.41) is 13.2. The van der Waals surface area contributed by atoms with Crippen molar-refractivity contribution in [2.24, 2.45) is 11.8 Å². The highest BCUT2D eigenvalue weighted by molar-refractivity contribution is 5.98. The normalized spacial score (nSPS) is 22.5. The maximum absolute atomic E-state index is 13.4. The maximum atomic E-state index is 13.4. The zero-order chi connectivity index (χ0) is 24.5. The second-order valence-corrected chi connectivity index (χ2v) is 8.81. The molecule has 2 aliphatic rings. The molecule has 0 bridgehead atoms. The summed E-state index contributed by atoms with van der Waals surface area (Å²) in [6.45, 7) is -0.213. The second-order valence-electron chi connectivity index (χ2n) is 8.81. The molecule has 1 fully saturated rings. The quantitative estimate of drug-likeness (QED) is 0.562. The molecule has 2 N–H and O–H groups in total. The van der Waals surface area contributed by atoms with E-state index in [1.807, 2.05) is 12.1 Å². The van der Waals surface area contributed by atoms with E-state index in [1.165, 1.54) is 12.0 Å². The average Bonchev–Trinajstić information content (AvgIpc) is 3.40. The third kappa shape index (κ3) is 3.92. The first-order chi connectivity index (χ1) is 17.0. The van der Waals surface area contributed by atoms with Crippen LogP contribution in [0.15, 0.2) is 71.8 Å². The van der Waals surface area contributed by atoms with Crippen LogP contribution in [-0.4, -0.2) is 57.7 Å². The number of rotatable bonds is 6. The van der Waals surface area contributed by atoms with Crippen LogP contribution in [0.3, 0.4) is 0 Å². The minimum atomic E-state index is -0.901. The van der Waals surface area contributed by atoms with Crippen LogP contribution < -0.4 is 10.9 Å². The summed E-state index contributed by atoms with van der Waals surface area (Å²) >= 11 is 0. The highest BCUT2D eigenvalue weighted by Gasteiger charge is 2.57. The lowest BCUT2D eigenvalue weighted by Crippen LogP contribution is -2.49. The number of fused-ring (bicyclic) bond motifs is 3. The van der Waals surface area contributed by atoms with Crippen molar-refractivity contribution in [3.05, 3.63) is 83.0 Å². The molecule has 9 heteroatoms. The molecular formula is C26H26N4O5. The Morgan fingerprint density at radius 3 is 2.54 bits per heavy atom. The minimum absolute atomic E-state index is 0.177. The number of methoxy groups -OCH3 is 1. The standard InChI is InChI=1S/C26H26N4O5/c1-35-15-22(32)30-23-19(20(14-31)24(30)25(33)28-17-5-3-2-4-6-17)13-29-21(23)8-7-18(26(29)34)16-9-11-27-12-10-16/h2-12,19-20,23-24,31H,13-15H2,1H3,(H,28,33)/t19-,20-,23+,24-/m1/s1. The fourth-order valence-corrected chi connectivity index (χ4v) is 5.45. The van der Waals surface area contributed by atoms with Crippen molar-refractivity contribution in [3.8, 4) is 11.1 Å². The molecule has 1 aromatic carbocycles. The van der Waals surface area contributed by atoms with Gasteiger partial charge in [0.1, 0.15) is 12.6 Å². The van der Waals surface area contributed by atoms with Crippen molar-refractivity contribution in [2.45, 2.75) is 18.6 Å². The van der Waals surface area contributed by atoms with E-state index >= 15 is 0 Å². The number of pyridine rings is 2. The Kier molecular flexibility index (Phi) is 6.19. The summed E-state index contributed by atoms with van der Waals surface area (Å²) in [4.78, 5) is 45.6. The van der Waals surface area contributed by atoms with E-state index in [0.29, 0.717) is 23.5 Å². The third-order valence-corrected chi connectivity index (χ3v) is 6.93. The van der Waals surface area contributed by atoms with Gasteiger partial charge in [0.2, 0.25) is 11.8 Å². The first-order valence-corrected chi connectivity index (χ1v) is 11.5. The average molecular weight is 475 g/mol. The van der Waals surface area contributed by atoms with Gasteiger partial charge in [-0.1, -0.05) is 18.2 Å². The van der Waals surface area contributed by atoms with Gasteiger partial charge >= 0.3 is 0 Å². The Morgan fingerprint density at radius 1 is 1.11 bits per heavy atom. The van der Waals surface area contributed by atoms with Crippen LogP contribution in [0.25, 0.3) is 11.1 Å². The number of carbonyl (C=O) groups is 2. The monoisotopic (exact) mass is 474 g/mol. The van der Waals surface area contributed by atoms with Gasteiger partial charge in [-0.2, -0.15) is 0 Å². The smallest absolute Gasteiger partial charge is 0.258 e. The van der Waals surface area contributed by atoms with Gasteiger partial charge in [0, 0.05) is 61.4 Å². The van der Waals surface area contributed by atoms with Crippen molar-refractivity contribution < 1.29 is 19.4 Å². The fourth-order valence-electron chi connectivity index (χ4n) is 5.45. The minimum Gasteiger partial charge on any atom is -0.396 e. The summed E-state index contributed by atoms with van der Waals surface area (Å²) in [7, 11) is 1.42. The topological polar surface area (TPSA) is 114 Å². The number of hydrogen-bond donors (Lipinski definition) is 2. The molecule has 3 aromatic rings. The van der Waals surface area contributed by atoms with Gasteiger partial charge in [-0.05, 0) is 42.0 Å². The summed E-state index contributed by atoms with van der Waals surface area (Å²) in [6, 6.07) is 14.7. The molecule has 0 radical (unpaired) electrons. The van der Waals surface area contributed by atoms with E-state index in [0.717, 1.165) is 5.56 Å². The molecule has 4 heterocycles. The van der Waals surface area contributed by atoms with Crippen LogP contribution in [0.2, 0.25) is 0 Å². The van der Waals surface area contributed by atoms with E-state index in [-0.39, 0.29) is 36.5 Å². The van der Waals surface area contributed by atoms with Crippen molar-refractivity contribution in [3.63, 3.8) is 0 Å². The zero-order valence-corrected chi connectivity index (χ0v) is 19.2. The Morgan fingerprint density at radius 2 is 1.86 bits per heavy atom. The molecule has 0 saturated carbocycles. The molecule has 0 aliphatic carbocycles. The zero-order valence-electron chi connectivity index (χ0n) is 19.2. The predicted molar refractivity (Wildman–Crippen MR) is 128 cm³/mol. The molecule has 0 unspecified atom stereocenters. The summed E-state index contributed by atoms with van der Waals surface area (Å²) in [6.07, 6.45) is 3.26. The van der Waals surface area contributed by atoms with E-state index < -0.39 is 18.0 Å². The molecular weight excluding hydrogens is 448 g/mol. The lowest BCUT2D eigenvalue weighted by molar-refractivity contribution is -0.143. The molecule has 5 rings (SSSR count). The van der Waals surface area contributed by atoms with Gasteiger partial charge in [-0.15, -0.1) is 0 Å². The molecule has 2 aromatic heterocycles. The van der Waals surface area contributed by atoms with Crippen LogP contribution in [0, 0.1) is 11.8 Å².